The number of benzene rings is 2. The number of carbonyl (C=O) groups is 1. The summed E-state index contributed by atoms with van der Waals surface area (Å²) in [6.07, 6.45) is 3.53. The van der Waals surface area contributed by atoms with E-state index in [9.17, 15) is 4.79 Å². The van der Waals surface area contributed by atoms with E-state index in [1.807, 2.05) is 43.3 Å². The van der Waals surface area contributed by atoms with Gasteiger partial charge in [-0.25, -0.2) is 4.98 Å². The predicted molar refractivity (Wildman–Crippen MR) is 115 cm³/mol. The molecule has 28 heavy (non-hydrogen) atoms. The molecule has 1 amide bonds. The first-order chi connectivity index (χ1) is 13.5. The van der Waals surface area contributed by atoms with E-state index < -0.39 is 0 Å². The van der Waals surface area contributed by atoms with Gasteiger partial charge in [0.15, 0.2) is 5.13 Å². The molecule has 5 heteroatoms. The summed E-state index contributed by atoms with van der Waals surface area (Å²) in [4.78, 5) is 24.2. The Bertz CT molecular complexity index is 1150. The molecule has 140 valence electrons. The van der Waals surface area contributed by atoms with Gasteiger partial charge in [0.25, 0.3) is 5.91 Å². The molecule has 0 saturated carbocycles. The van der Waals surface area contributed by atoms with Crippen LogP contribution in [0.4, 0.5) is 5.13 Å². The first kappa shape index (κ1) is 18.3. The number of rotatable bonds is 4. The average Bonchev–Trinajstić information content (AvgIpc) is 3.11. The highest BCUT2D eigenvalue weighted by atomic mass is 32.1. The molecule has 0 fully saturated rings. The first-order valence-corrected chi connectivity index (χ1v) is 9.99. The van der Waals surface area contributed by atoms with Gasteiger partial charge in [0.2, 0.25) is 0 Å². The van der Waals surface area contributed by atoms with E-state index >= 15 is 0 Å². The summed E-state index contributed by atoms with van der Waals surface area (Å²) in [5.74, 6) is -0.0459. The molecule has 2 aromatic heterocycles. The highest BCUT2D eigenvalue weighted by Gasteiger charge is 2.23. The smallest absolute Gasteiger partial charge is 0.260 e. The number of nitrogens with zero attached hydrogens (tertiary/aromatic N) is 3. The van der Waals surface area contributed by atoms with Gasteiger partial charge in [-0.15, -0.1) is 0 Å². The van der Waals surface area contributed by atoms with Crippen molar-refractivity contribution in [3.8, 4) is 0 Å². The van der Waals surface area contributed by atoms with Crippen molar-refractivity contribution in [2.24, 2.45) is 0 Å². The molecule has 0 spiro atoms. The van der Waals surface area contributed by atoms with E-state index in [0.29, 0.717) is 17.2 Å². The van der Waals surface area contributed by atoms with Crippen LogP contribution in [0.2, 0.25) is 0 Å². The Balaban J connectivity index is 1.82. The summed E-state index contributed by atoms with van der Waals surface area (Å²) in [7, 11) is 0. The summed E-state index contributed by atoms with van der Waals surface area (Å²) in [6, 6.07) is 15.8. The monoisotopic (exact) mass is 387 g/mol. The summed E-state index contributed by atoms with van der Waals surface area (Å²) < 4.78 is 1.12. The fourth-order valence-electron chi connectivity index (χ4n) is 3.34. The molecule has 0 aliphatic rings. The molecule has 0 unspecified atom stereocenters. The Hall–Kier alpha value is -3.05. The minimum atomic E-state index is -0.0459. The molecule has 0 atom stereocenters. The van der Waals surface area contributed by atoms with E-state index in [1.54, 1.807) is 28.6 Å². The van der Waals surface area contributed by atoms with Crippen LogP contribution < -0.4 is 4.90 Å². The van der Waals surface area contributed by atoms with Gasteiger partial charge in [0.1, 0.15) is 0 Å². The van der Waals surface area contributed by atoms with Crippen molar-refractivity contribution in [3.63, 3.8) is 0 Å². The van der Waals surface area contributed by atoms with Crippen molar-refractivity contribution in [1.82, 2.24) is 9.97 Å². The lowest BCUT2D eigenvalue weighted by atomic mass is 10.1. The molecule has 0 saturated heterocycles. The standard InChI is InChI=1S/C23H21N3OS/c1-15-11-17(3)21-20(12-15)25-23(28-21)26(14-18-8-6-10-24-13-18)22(27)19-9-5-4-7-16(19)2/h4-13H,14H2,1-3H3. The Morgan fingerprint density at radius 2 is 1.86 bits per heavy atom. The number of anilines is 1. The van der Waals surface area contributed by atoms with Crippen molar-refractivity contribution in [2.45, 2.75) is 27.3 Å². The number of thiazole rings is 1. The summed E-state index contributed by atoms with van der Waals surface area (Å²) in [5, 5.41) is 0.709. The zero-order chi connectivity index (χ0) is 19.7. The van der Waals surface area contributed by atoms with E-state index in [1.165, 1.54) is 11.1 Å². The second-order valence-corrected chi connectivity index (χ2v) is 7.97. The second-order valence-electron chi connectivity index (χ2n) is 6.99. The minimum absolute atomic E-state index is 0.0459. The van der Waals surface area contributed by atoms with E-state index in [0.717, 1.165) is 21.3 Å². The van der Waals surface area contributed by atoms with Crippen LogP contribution in [0.5, 0.6) is 0 Å². The lowest BCUT2D eigenvalue weighted by molar-refractivity contribution is 0.0984. The highest BCUT2D eigenvalue weighted by molar-refractivity contribution is 7.22. The molecular formula is C23H21N3OS. The topological polar surface area (TPSA) is 46.1 Å². The first-order valence-electron chi connectivity index (χ1n) is 9.17. The third-order valence-electron chi connectivity index (χ3n) is 4.72. The Kier molecular flexibility index (Phi) is 4.92. The van der Waals surface area contributed by atoms with Crippen LogP contribution in [0.1, 0.15) is 32.6 Å². The fourth-order valence-corrected chi connectivity index (χ4v) is 4.35. The van der Waals surface area contributed by atoms with Gasteiger partial charge < -0.3 is 0 Å². The number of amides is 1. The second kappa shape index (κ2) is 7.52. The lowest BCUT2D eigenvalue weighted by Crippen LogP contribution is -2.30. The molecular weight excluding hydrogens is 366 g/mol. The number of carbonyl (C=O) groups excluding carboxylic acids is 1. The third-order valence-corrected chi connectivity index (χ3v) is 5.95. The summed E-state index contributed by atoms with van der Waals surface area (Å²) in [6.45, 7) is 6.55. The molecule has 4 aromatic rings. The van der Waals surface area contributed by atoms with Crippen LogP contribution in [0, 0.1) is 20.8 Å². The van der Waals surface area contributed by atoms with Gasteiger partial charge in [-0.3, -0.25) is 14.7 Å². The normalized spacial score (nSPS) is 11.0. The van der Waals surface area contributed by atoms with E-state index in [-0.39, 0.29) is 5.91 Å². The van der Waals surface area contributed by atoms with E-state index in [4.69, 9.17) is 4.98 Å². The summed E-state index contributed by atoms with van der Waals surface area (Å²) >= 11 is 1.56. The Morgan fingerprint density at radius 3 is 2.61 bits per heavy atom. The molecule has 0 bridgehead atoms. The number of pyridine rings is 1. The Labute approximate surface area is 168 Å². The number of hydrogen-bond acceptors (Lipinski definition) is 4. The van der Waals surface area contributed by atoms with Crippen LogP contribution in [-0.2, 0) is 6.54 Å². The maximum absolute atomic E-state index is 13.5. The average molecular weight is 388 g/mol. The van der Waals surface area contributed by atoms with Gasteiger partial charge in [0.05, 0.1) is 16.8 Å². The summed E-state index contributed by atoms with van der Waals surface area (Å²) in [5.41, 5.74) is 5.91. The van der Waals surface area contributed by atoms with Gasteiger partial charge in [0, 0.05) is 18.0 Å². The largest absolute Gasteiger partial charge is 0.279 e. The quantitative estimate of drug-likeness (QED) is 0.467. The molecule has 0 aliphatic heterocycles. The zero-order valence-electron chi connectivity index (χ0n) is 16.1. The minimum Gasteiger partial charge on any atom is -0.279 e. The molecule has 0 radical (unpaired) electrons. The lowest BCUT2D eigenvalue weighted by Gasteiger charge is -2.21. The maximum Gasteiger partial charge on any atom is 0.260 e. The number of fused-ring (bicyclic) bond motifs is 1. The van der Waals surface area contributed by atoms with Crippen LogP contribution >= 0.6 is 11.3 Å². The molecule has 2 heterocycles. The molecule has 4 rings (SSSR count). The van der Waals surface area contributed by atoms with E-state index in [2.05, 4.69) is 31.0 Å². The van der Waals surface area contributed by atoms with Crippen molar-refractivity contribution in [3.05, 3.63) is 88.7 Å². The van der Waals surface area contributed by atoms with Crippen LogP contribution in [0.3, 0.4) is 0 Å². The van der Waals surface area contributed by atoms with Crippen molar-refractivity contribution in [1.29, 1.82) is 0 Å². The van der Waals surface area contributed by atoms with Crippen LogP contribution in [0.15, 0.2) is 60.9 Å². The van der Waals surface area contributed by atoms with Gasteiger partial charge in [-0.1, -0.05) is 41.7 Å². The van der Waals surface area contributed by atoms with Gasteiger partial charge >= 0.3 is 0 Å². The molecule has 4 nitrogen and oxygen atoms in total. The van der Waals surface area contributed by atoms with Gasteiger partial charge in [-0.05, 0) is 61.2 Å². The zero-order valence-corrected chi connectivity index (χ0v) is 17.0. The van der Waals surface area contributed by atoms with Crippen LogP contribution in [0.25, 0.3) is 10.2 Å². The third kappa shape index (κ3) is 3.53. The maximum atomic E-state index is 13.5. The van der Waals surface area contributed by atoms with Crippen molar-refractivity contribution < 1.29 is 4.79 Å². The number of aryl methyl sites for hydroxylation is 3. The number of aromatic nitrogens is 2. The fraction of sp³-hybridized carbons (Fsp3) is 0.174. The molecule has 0 aliphatic carbocycles. The molecule has 0 N–H and O–H groups in total. The van der Waals surface area contributed by atoms with Gasteiger partial charge in [-0.2, -0.15) is 0 Å². The van der Waals surface area contributed by atoms with Crippen molar-refractivity contribution >= 4 is 32.6 Å². The van der Waals surface area contributed by atoms with Crippen molar-refractivity contribution in [2.75, 3.05) is 4.90 Å². The Morgan fingerprint density at radius 1 is 1.04 bits per heavy atom. The molecule has 2 aromatic carbocycles. The predicted octanol–water partition coefficient (Wildman–Crippen LogP) is 5.46. The SMILES string of the molecule is Cc1cc(C)c2sc(N(Cc3cccnc3)C(=O)c3ccccc3C)nc2c1. The number of hydrogen-bond donors (Lipinski definition) is 0. The highest BCUT2D eigenvalue weighted by Crippen LogP contribution is 2.33. The van der Waals surface area contributed by atoms with Crippen LogP contribution in [-0.4, -0.2) is 15.9 Å².